The molecular formula is C10H9BrOS2. The third-order valence-corrected chi connectivity index (χ3v) is 4.61. The Labute approximate surface area is 99.3 Å². The first-order chi connectivity index (χ1) is 6.76. The topological polar surface area (TPSA) is 20.2 Å². The summed E-state index contributed by atoms with van der Waals surface area (Å²) in [6.45, 7) is 0. The normalized spacial score (nSPS) is 11.0. The summed E-state index contributed by atoms with van der Waals surface area (Å²) in [5.74, 6) is 0.392. The van der Waals surface area contributed by atoms with Gasteiger partial charge in [0, 0.05) is 21.0 Å². The lowest BCUT2D eigenvalue weighted by Gasteiger charge is -2.02. The number of fused-ring (bicyclic) bond motifs is 1. The van der Waals surface area contributed by atoms with Gasteiger partial charge < -0.3 is 5.11 Å². The highest BCUT2D eigenvalue weighted by molar-refractivity contribution is 9.08. The van der Waals surface area contributed by atoms with Crippen molar-refractivity contribution < 1.29 is 5.11 Å². The van der Waals surface area contributed by atoms with Crippen LogP contribution in [0.2, 0.25) is 0 Å². The quantitative estimate of drug-likeness (QED) is 0.659. The van der Waals surface area contributed by atoms with Gasteiger partial charge in [-0.2, -0.15) is 0 Å². The minimum Gasteiger partial charge on any atom is -0.506 e. The van der Waals surface area contributed by atoms with Crippen molar-refractivity contribution in [2.24, 2.45) is 0 Å². The second kappa shape index (κ2) is 4.13. The van der Waals surface area contributed by atoms with E-state index in [1.54, 1.807) is 28.5 Å². The third kappa shape index (κ3) is 1.66. The summed E-state index contributed by atoms with van der Waals surface area (Å²) in [6.07, 6.45) is 2.06. The Balaban J connectivity index is 2.76. The predicted molar refractivity (Wildman–Crippen MR) is 67.9 cm³/mol. The van der Waals surface area contributed by atoms with Crippen molar-refractivity contribution in [3.05, 3.63) is 23.1 Å². The van der Waals surface area contributed by atoms with Crippen molar-refractivity contribution >= 4 is 49.1 Å². The van der Waals surface area contributed by atoms with E-state index in [9.17, 15) is 5.11 Å². The Kier molecular flexibility index (Phi) is 3.04. The molecule has 0 aliphatic carbocycles. The molecule has 2 rings (SSSR count). The van der Waals surface area contributed by atoms with E-state index in [-0.39, 0.29) is 0 Å². The van der Waals surface area contributed by atoms with Gasteiger partial charge >= 0.3 is 0 Å². The van der Waals surface area contributed by atoms with Gasteiger partial charge in [0.15, 0.2) is 0 Å². The summed E-state index contributed by atoms with van der Waals surface area (Å²) in [5, 5.41) is 13.2. The lowest BCUT2D eigenvalue weighted by atomic mass is 10.2. The molecule has 0 atom stereocenters. The first-order valence-electron chi connectivity index (χ1n) is 4.09. The molecule has 0 unspecified atom stereocenters. The fourth-order valence-electron chi connectivity index (χ4n) is 1.38. The number of thiophene rings is 1. The molecule has 74 valence electrons. The van der Waals surface area contributed by atoms with Gasteiger partial charge in [-0.25, -0.2) is 0 Å². The fourth-order valence-corrected chi connectivity index (χ4v) is 3.48. The number of aromatic hydroxyl groups is 1. The number of hydrogen-bond donors (Lipinski definition) is 1. The molecule has 0 aliphatic rings. The molecule has 0 bridgehead atoms. The maximum Gasteiger partial charge on any atom is 0.134 e. The first kappa shape index (κ1) is 10.3. The van der Waals surface area contributed by atoms with Crippen LogP contribution in [0.4, 0.5) is 0 Å². The zero-order chi connectivity index (χ0) is 10.1. The molecule has 0 fully saturated rings. The molecule has 0 saturated heterocycles. The van der Waals surface area contributed by atoms with Crippen LogP contribution in [0.25, 0.3) is 10.1 Å². The SMILES string of the molecule is CSc1cc(CBr)cc2c(O)csc12. The summed E-state index contributed by atoms with van der Waals surface area (Å²) in [6, 6.07) is 4.20. The molecule has 0 radical (unpaired) electrons. The van der Waals surface area contributed by atoms with Crippen molar-refractivity contribution in [2.45, 2.75) is 10.2 Å². The molecule has 1 aromatic carbocycles. The monoisotopic (exact) mass is 288 g/mol. The van der Waals surface area contributed by atoms with Crippen LogP contribution < -0.4 is 0 Å². The Morgan fingerprint density at radius 2 is 2.29 bits per heavy atom. The Morgan fingerprint density at radius 3 is 2.93 bits per heavy atom. The van der Waals surface area contributed by atoms with Gasteiger partial charge in [0.25, 0.3) is 0 Å². The highest BCUT2D eigenvalue weighted by Gasteiger charge is 2.08. The van der Waals surface area contributed by atoms with Crippen LogP contribution in [-0.2, 0) is 5.33 Å². The molecule has 0 spiro atoms. The van der Waals surface area contributed by atoms with Crippen molar-refractivity contribution in [3.63, 3.8) is 0 Å². The molecule has 4 heteroatoms. The molecule has 1 N–H and O–H groups in total. The van der Waals surface area contributed by atoms with Crippen LogP contribution in [0, 0.1) is 0 Å². The van der Waals surface area contributed by atoms with Crippen LogP contribution in [0.3, 0.4) is 0 Å². The summed E-state index contributed by atoms with van der Waals surface area (Å²) >= 11 is 6.75. The van der Waals surface area contributed by atoms with Gasteiger partial charge in [0.1, 0.15) is 5.75 Å². The van der Waals surface area contributed by atoms with Crippen LogP contribution in [0.5, 0.6) is 5.75 Å². The van der Waals surface area contributed by atoms with E-state index in [4.69, 9.17) is 0 Å². The molecule has 2 aromatic rings. The van der Waals surface area contributed by atoms with E-state index in [0.29, 0.717) is 5.75 Å². The van der Waals surface area contributed by atoms with E-state index in [0.717, 1.165) is 10.7 Å². The second-order valence-corrected chi connectivity index (χ2v) is 5.22. The highest BCUT2D eigenvalue weighted by Crippen LogP contribution is 2.38. The smallest absolute Gasteiger partial charge is 0.134 e. The zero-order valence-electron chi connectivity index (χ0n) is 7.58. The van der Waals surface area contributed by atoms with Crippen molar-refractivity contribution in [1.29, 1.82) is 0 Å². The van der Waals surface area contributed by atoms with E-state index < -0.39 is 0 Å². The van der Waals surface area contributed by atoms with Crippen molar-refractivity contribution in [3.8, 4) is 5.75 Å². The lowest BCUT2D eigenvalue weighted by Crippen LogP contribution is -1.79. The number of alkyl halides is 1. The van der Waals surface area contributed by atoms with Crippen LogP contribution in [0.15, 0.2) is 22.4 Å². The Hall–Kier alpha value is -0.190. The van der Waals surface area contributed by atoms with Gasteiger partial charge in [-0.05, 0) is 24.0 Å². The summed E-state index contributed by atoms with van der Waals surface area (Å²) in [5.41, 5.74) is 1.20. The lowest BCUT2D eigenvalue weighted by molar-refractivity contribution is 0.483. The molecule has 1 nitrogen and oxygen atoms in total. The van der Waals surface area contributed by atoms with Crippen LogP contribution >= 0.6 is 39.0 Å². The number of rotatable bonds is 2. The van der Waals surface area contributed by atoms with E-state index in [1.807, 2.05) is 6.07 Å². The maximum atomic E-state index is 9.64. The molecule has 1 heterocycles. The predicted octanol–water partition coefficient (Wildman–Crippen LogP) is 4.22. The average Bonchev–Trinajstić information content (AvgIpc) is 2.59. The second-order valence-electron chi connectivity index (χ2n) is 2.93. The van der Waals surface area contributed by atoms with E-state index in [1.165, 1.54) is 15.2 Å². The van der Waals surface area contributed by atoms with Crippen molar-refractivity contribution in [1.82, 2.24) is 0 Å². The van der Waals surface area contributed by atoms with Gasteiger partial charge in [0.2, 0.25) is 0 Å². The molecule has 0 amide bonds. The van der Waals surface area contributed by atoms with Gasteiger partial charge in [0.05, 0.1) is 4.70 Å². The molecule has 0 saturated carbocycles. The summed E-state index contributed by atoms with van der Waals surface area (Å²) in [7, 11) is 0. The van der Waals surface area contributed by atoms with Crippen molar-refractivity contribution in [2.75, 3.05) is 6.26 Å². The summed E-state index contributed by atoms with van der Waals surface area (Å²) in [4.78, 5) is 1.24. The highest BCUT2D eigenvalue weighted by atomic mass is 79.9. The largest absolute Gasteiger partial charge is 0.506 e. The van der Waals surface area contributed by atoms with Crippen LogP contribution in [-0.4, -0.2) is 11.4 Å². The maximum absolute atomic E-state index is 9.64. The Bertz CT molecular complexity index is 464. The number of benzene rings is 1. The number of halogens is 1. The van der Waals surface area contributed by atoms with E-state index in [2.05, 4.69) is 28.3 Å². The van der Waals surface area contributed by atoms with Gasteiger partial charge in [-0.1, -0.05) is 15.9 Å². The fraction of sp³-hybridized carbons (Fsp3) is 0.200. The number of thioether (sulfide) groups is 1. The minimum atomic E-state index is 0.392. The first-order valence-corrected chi connectivity index (χ1v) is 7.32. The minimum absolute atomic E-state index is 0.392. The average molecular weight is 289 g/mol. The van der Waals surface area contributed by atoms with Gasteiger partial charge in [-0.15, -0.1) is 23.1 Å². The van der Waals surface area contributed by atoms with Crippen LogP contribution in [0.1, 0.15) is 5.56 Å². The molecule has 0 aliphatic heterocycles. The molecule has 14 heavy (non-hydrogen) atoms. The standard InChI is InChI=1S/C10H9BrOS2/c1-13-9-3-6(4-11)2-7-8(12)5-14-10(7)9/h2-3,5,12H,4H2,1H3. The van der Waals surface area contributed by atoms with E-state index >= 15 is 0 Å². The Morgan fingerprint density at radius 1 is 1.50 bits per heavy atom. The molecule has 1 aromatic heterocycles. The third-order valence-electron chi connectivity index (χ3n) is 2.05. The number of hydrogen-bond acceptors (Lipinski definition) is 3. The van der Waals surface area contributed by atoms with Gasteiger partial charge in [-0.3, -0.25) is 0 Å². The summed E-state index contributed by atoms with van der Waals surface area (Å²) < 4.78 is 1.18. The zero-order valence-corrected chi connectivity index (χ0v) is 10.8. The molecular weight excluding hydrogens is 280 g/mol.